The number of hydrogen-bond donors (Lipinski definition) is 0. The SMILES string of the molecule is [2H]C([2H])([2H])[n+]1ccn(C([2H])([2H])C([2H])([2H])C([2H])([2H])C([2H])([2H])C([2H])([2H])C([2H])([2H])[2H])c1. The molecule has 1 heterocycles. The molecule has 0 aromatic carbocycles. The molecule has 1 aromatic rings. The van der Waals surface area contributed by atoms with Gasteiger partial charge in [0.05, 0.1) is 20.3 Å². The number of nitrogens with zero attached hydrogens (tertiary/aromatic N) is 2. The van der Waals surface area contributed by atoms with Crippen molar-refractivity contribution in [3.63, 3.8) is 0 Å². The molecule has 0 N–H and O–H groups in total. The van der Waals surface area contributed by atoms with E-state index in [0.29, 0.717) is 15.5 Å². The second-order valence-electron chi connectivity index (χ2n) is 1.84. The molecular weight excluding hydrogens is 148 g/mol. The summed E-state index contributed by atoms with van der Waals surface area (Å²) >= 11 is 0. The molecule has 1 aromatic heterocycles. The first-order chi connectivity index (χ1) is 12.0. The molecule has 0 fully saturated rings. The van der Waals surface area contributed by atoms with Crippen LogP contribution in [0.2, 0.25) is 0 Å². The van der Waals surface area contributed by atoms with Crippen LogP contribution >= 0.6 is 0 Å². The second-order valence-corrected chi connectivity index (χ2v) is 1.84. The fraction of sp³-hybridized carbons (Fsp3) is 0.700. The van der Waals surface area contributed by atoms with Crippen molar-refractivity contribution < 1.29 is 26.5 Å². The maximum Gasteiger partial charge on any atom is 0.243 e. The zero-order valence-corrected chi connectivity index (χ0v) is 6.13. The Morgan fingerprint density at radius 3 is 3.25 bits per heavy atom. The van der Waals surface area contributed by atoms with Crippen molar-refractivity contribution in [1.29, 1.82) is 0 Å². The number of aromatic nitrogens is 2. The van der Waals surface area contributed by atoms with Crippen LogP contribution in [0.25, 0.3) is 0 Å². The maximum absolute atomic E-state index is 7.97. The van der Waals surface area contributed by atoms with Gasteiger partial charge in [0.1, 0.15) is 12.4 Å². The van der Waals surface area contributed by atoms with Crippen molar-refractivity contribution in [3.05, 3.63) is 18.7 Å². The molecule has 0 atom stereocenters. The first-order valence-electron chi connectivity index (χ1n) is 11.1. The van der Waals surface area contributed by atoms with Crippen LogP contribution in [0.4, 0.5) is 0 Å². The van der Waals surface area contributed by atoms with Crippen molar-refractivity contribution in [3.8, 4) is 0 Å². The average Bonchev–Trinajstić information content (AvgIpc) is 2.95. The minimum absolute atomic E-state index is 0.359. The zero-order chi connectivity index (χ0) is 22.8. The number of imidazole rings is 1. The van der Waals surface area contributed by atoms with Crippen LogP contribution in [-0.4, -0.2) is 4.57 Å². The van der Waals surface area contributed by atoms with Crippen LogP contribution in [0.3, 0.4) is 0 Å². The third-order valence-electron chi connectivity index (χ3n) is 1.01. The van der Waals surface area contributed by atoms with Crippen LogP contribution in [-0.2, 0) is 13.5 Å². The van der Waals surface area contributed by atoms with Gasteiger partial charge in [0.15, 0.2) is 0 Å². The first kappa shape index (κ1) is 1.58. The lowest BCUT2D eigenvalue weighted by molar-refractivity contribution is -0.671. The Bertz CT molecular complexity index is 708. The van der Waals surface area contributed by atoms with E-state index in [4.69, 9.17) is 21.9 Å². The molecule has 12 heavy (non-hydrogen) atoms. The van der Waals surface area contributed by atoms with Crippen molar-refractivity contribution in [2.75, 3.05) is 0 Å². The van der Waals surface area contributed by atoms with E-state index < -0.39 is 45.8 Å². The summed E-state index contributed by atoms with van der Waals surface area (Å²) in [7, 11) is 0. The van der Waals surface area contributed by atoms with Gasteiger partial charge in [-0.1, -0.05) is 19.6 Å². The minimum atomic E-state index is -4.00. The second kappa shape index (κ2) is 4.96. The van der Waals surface area contributed by atoms with Crippen LogP contribution < -0.4 is 4.57 Å². The summed E-state index contributed by atoms with van der Waals surface area (Å²) in [6.07, 6.45) is -13.4. The summed E-state index contributed by atoms with van der Waals surface area (Å²) in [6, 6.07) is 0. The van der Waals surface area contributed by atoms with Gasteiger partial charge in [0, 0.05) is 15.1 Å². The summed E-state index contributed by atoms with van der Waals surface area (Å²) in [5.41, 5.74) is 0. The van der Waals surface area contributed by atoms with Crippen molar-refractivity contribution in [2.45, 2.75) is 38.8 Å². The third kappa shape index (κ3) is 3.07. The minimum Gasteiger partial charge on any atom is -0.240 e. The molecule has 0 bridgehead atoms. The summed E-state index contributed by atoms with van der Waals surface area (Å²) in [4.78, 5) is 0. The lowest BCUT2D eigenvalue weighted by Crippen LogP contribution is -2.23. The molecule has 68 valence electrons. The molecular formula is C10H19N2+. The number of hydrogen-bond acceptors (Lipinski definition) is 0. The van der Waals surface area contributed by atoms with Gasteiger partial charge in [0.2, 0.25) is 6.33 Å². The third-order valence-corrected chi connectivity index (χ3v) is 1.01. The van der Waals surface area contributed by atoms with Gasteiger partial charge in [-0.15, -0.1) is 0 Å². The molecule has 0 unspecified atom stereocenters. The number of rotatable bonds is 5. The van der Waals surface area contributed by atoms with E-state index in [9.17, 15) is 0 Å². The number of aryl methyl sites for hydroxylation is 2. The van der Waals surface area contributed by atoms with Crippen LogP contribution in [0.5, 0.6) is 0 Å². The maximum atomic E-state index is 7.97. The highest BCUT2D eigenvalue weighted by Gasteiger charge is 1.97. The molecule has 1 rings (SSSR count). The van der Waals surface area contributed by atoms with Gasteiger partial charge in [-0.05, 0) is 12.7 Å². The Labute approximate surface area is 97.3 Å². The summed E-state index contributed by atoms with van der Waals surface area (Å²) in [6.45, 7) is -9.85. The molecule has 0 aliphatic heterocycles. The highest BCUT2D eigenvalue weighted by Crippen LogP contribution is 2.00. The highest BCUT2D eigenvalue weighted by molar-refractivity contribution is 4.65. The van der Waals surface area contributed by atoms with Gasteiger partial charge < -0.3 is 0 Å². The van der Waals surface area contributed by atoms with Gasteiger partial charge in [0.25, 0.3) is 0 Å². The molecule has 0 saturated heterocycles. The first-order valence-corrected chi connectivity index (χ1v) is 3.06. The lowest BCUT2D eigenvalue weighted by Gasteiger charge is -1.95. The summed E-state index contributed by atoms with van der Waals surface area (Å²) in [5, 5.41) is 0. The van der Waals surface area contributed by atoms with Crippen LogP contribution in [0, 0.1) is 0 Å². The Kier molecular flexibility index (Phi) is 0.653. The van der Waals surface area contributed by atoms with Crippen molar-refractivity contribution >= 4 is 0 Å². The van der Waals surface area contributed by atoms with Gasteiger partial charge in [-0.3, -0.25) is 0 Å². The smallest absolute Gasteiger partial charge is 0.240 e. The van der Waals surface area contributed by atoms with Crippen molar-refractivity contribution in [2.24, 2.45) is 6.98 Å². The Balaban J connectivity index is 3.55. The van der Waals surface area contributed by atoms with E-state index >= 15 is 0 Å². The summed E-state index contributed by atoms with van der Waals surface area (Å²) in [5.74, 6) is 0. The predicted molar refractivity (Wildman–Crippen MR) is 49.8 cm³/mol. The molecule has 0 radical (unpaired) electrons. The van der Waals surface area contributed by atoms with E-state index in [1.807, 2.05) is 0 Å². The van der Waals surface area contributed by atoms with E-state index in [0.717, 1.165) is 12.4 Å². The van der Waals surface area contributed by atoms with E-state index in [-0.39, 0.29) is 0 Å². The molecule has 0 amide bonds. The largest absolute Gasteiger partial charge is 0.243 e. The molecule has 2 nitrogen and oxygen atoms in total. The molecule has 0 aliphatic carbocycles. The van der Waals surface area contributed by atoms with Gasteiger partial charge in [-0.2, -0.15) is 0 Å². The highest BCUT2D eigenvalue weighted by atomic mass is 15.1. The monoisotopic (exact) mass is 183 g/mol. The van der Waals surface area contributed by atoms with E-state index in [1.165, 1.54) is 0 Å². The Morgan fingerprint density at radius 1 is 1.50 bits per heavy atom. The quantitative estimate of drug-likeness (QED) is 0.617. The van der Waals surface area contributed by atoms with E-state index in [1.54, 1.807) is 0 Å². The van der Waals surface area contributed by atoms with E-state index in [2.05, 4.69) is 0 Å². The molecule has 2 heteroatoms. The van der Waals surface area contributed by atoms with Crippen LogP contribution in [0.1, 0.15) is 54.3 Å². The fourth-order valence-corrected chi connectivity index (χ4v) is 0.576. The standard InChI is InChI=1S/C10H19N2/c1-3-4-5-6-7-12-9-8-11(2)10-12/h8-10H,3-7H2,1-2H3/q+1/i1D3,2D3,3D2,4D2,5D2,6D2,7D2. The lowest BCUT2D eigenvalue weighted by atomic mass is 10.2. The summed E-state index contributed by atoms with van der Waals surface area (Å²) < 4.78 is 122. The Morgan fingerprint density at radius 2 is 2.50 bits per heavy atom. The topological polar surface area (TPSA) is 8.81 Å². The predicted octanol–water partition coefficient (Wildman–Crippen LogP) is 1.89. The molecule has 0 aliphatic rings. The average molecular weight is 183 g/mol. The van der Waals surface area contributed by atoms with Crippen LogP contribution in [0.15, 0.2) is 18.7 Å². The van der Waals surface area contributed by atoms with Gasteiger partial charge in [-0.25, -0.2) is 9.13 Å². The normalized spacial score (nSPS) is 38.3. The molecule has 0 saturated carbocycles. The van der Waals surface area contributed by atoms with Crippen molar-refractivity contribution in [1.82, 2.24) is 4.57 Å². The Hall–Kier alpha value is -0.790. The molecule has 0 spiro atoms. The fourth-order valence-electron chi connectivity index (χ4n) is 0.576. The van der Waals surface area contributed by atoms with Gasteiger partial charge >= 0.3 is 0 Å². The zero-order valence-electron chi connectivity index (χ0n) is 22.1.